The molecule has 1 saturated carbocycles. The van der Waals surface area contributed by atoms with Crippen LogP contribution in [0.25, 0.3) is 6.08 Å². The van der Waals surface area contributed by atoms with E-state index in [4.69, 9.17) is 5.11 Å². The summed E-state index contributed by atoms with van der Waals surface area (Å²) in [4.78, 5) is 0. The van der Waals surface area contributed by atoms with E-state index in [9.17, 15) is 0 Å². The third-order valence-electron chi connectivity index (χ3n) is 2.46. The number of aliphatic hydroxyl groups is 1. The lowest BCUT2D eigenvalue weighted by atomic mass is 10.1. The molecule has 13 heavy (non-hydrogen) atoms. The first-order chi connectivity index (χ1) is 6.29. The first kappa shape index (κ1) is 8.52. The summed E-state index contributed by atoms with van der Waals surface area (Å²) in [7, 11) is 0. The molecule has 1 heteroatoms. The molecular weight excluding hydrogens is 160 g/mol. The summed E-state index contributed by atoms with van der Waals surface area (Å²) in [5, 5.41) is 8.87. The summed E-state index contributed by atoms with van der Waals surface area (Å²) in [5.41, 5.74) is 3.93. The molecule has 0 spiro atoms. The molecule has 1 N–H and O–H groups in total. The van der Waals surface area contributed by atoms with Crippen LogP contribution in [-0.4, -0.2) is 11.7 Å². The van der Waals surface area contributed by atoms with Gasteiger partial charge in [-0.1, -0.05) is 41.5 Å². The van der Waals surface area contributed by atoms with Crippen LogP contribution in [0.3, 0.4) is 0 Å². The summed E-state index contributed by atoms with van der Waals surface area (Å²) < 4.78 is 0. The summed E-state index contributed by atoms with van der Waals surface area (Å²) in [5.74, 6) is 0.445. The van der Waals surface area contributed by atoms with Crippen molar-refractivity contribution in [2.75, 3.05) is 6.61 Å². The van der Waals surface area contributed by atoms with Gasteiger partial charge in [0.2, 0.25) is 0 Å². The Morgan fingerprint density at radius 2 is 2.38 bits per heavy atom. The van der Waals surface area contributed by atoms with Crippen molar-refractivity contribution in [1.82, 2.24) is 0 Å². The Morgan fingerprint density at radius 1 is 1.54 bits per heavy atom. The first-order valence-corrected chi connectivity index (χ1v) is 4.67. The molecule has 1 aromatic carbocycles. The standard InChI is InChI=1S/C12H14O/c1-9-3-2-4-10(5-9)6-11-7-12(11)8-13/h2-6,12-13H,7-8H2,1H3/b11-6-. The van der Waals surface area contributed by atoms with Crippen molar-refractivity contribution >= 4 is 6.08 Å². The molecule has 1 aliphatic rings. The minimum Gasteiger partial charge on any atom is -0.396 e. The lowest BCUT2D eigenvalue weighted by Crippen LogP contribution is -1.81. The van der Waals surface area contributed by atoms with Gasteiger partial charge in [-0.25, -0.2) is 0 Å². The number of rotatable bonds is 2. The molecular formula is C12H14O. The van der Waals surface area contributed by atoms with Crippen molar-refractivity contribution < 1.29 is 5.11 Å². The van der Waals surface area contributed by atoms with E-state index >= 15 is 0 Å². The molecule has 0 bridgehead atoms. The molecule has 0 radical (unpaired) electrons. The lowest BCUT2D eigenvalue weighted by molar-refractivity contribution is 0.281. The molecule has 1 fully saturated rings. The number of hydrogen-bond donors (Lipinski definition) is 1. The van der Waals surface area contributed by atoms with E-state index in [-0.39, 0.29) is 0 Å². The van der Waals surface area contributed by atoms with Crippen LogP contribution in [0, 0.1) is 12.8 Å². The summed E-state index contributed by atoms with van der Waals surface area (Å²) >= 11 is 0. The predicted octanol–water partition coefficient (Wildman–Crippen LogP) is 2.39. The minimum absolute atomic E-state index is 0.303. The Labute approximate surface area is 78.7 Å². The molecule has 1 aliphatic carbocycles. The van der Waals surface area contributed by atoms with Gasteiger partial charge >= 0.3 is 0 Å². The maximum Gasteiger partial charge on any atom is 0.0499 e. The first-order valence-electron chi connectivity index (χ1n) is 4.67. The Balaban J connectivity index is 2.15. The molecule has 0 heterocycles. The van der Waals surface area contributed by atoms with E-state index < -0.39 is 0 Å². The highest BCUT2D eigenvalue weighted by Gasteiger charge is 2.27. The minimum atomic E-state index is 0.303. The smallest absolute Gasteiger partial charge is 0.0499 e. The van der Waals surface area contributed by atoms with Crippen LogP contribution in [0.2, 0.25) is 0 Å². The molecule has 0 aromatic heterocycles. The van der Waals surface area contributed by atoms with Gasteiger partial charge in [0.05, 0.1) is 0 Å². The average Bonchev–Trinajstić information content (AvgIpc) is 2.83. The molecule has 0 amide bonds. The van der Waals surface area contributed by atoms with Gasteiger partial charge in [-0.2, -0.15) is 0 Å². The van der Waals surface area contributed by atoms with Crippen LogP contribution in [0.15, 0.2) is 29.8 Å². The fraction of sp³-hybridized carbons (Fsp3) is 0.333. The van der Waals surface area contributed by atoms with E-state index in [1.54, 1.807) is 0 Å². The van der Waals surface area contributed by atoms with Crippen LogP contribution in [0.1, 0.15) is 17.5 Å². The molecule has 1 atom stereocenters. The molecule has 1 nitrogen and oxygen atoms in total. The Kier molecular flexibility index (Phi) is 2.19. The largest absolute Gasteiger partial charge is 0.396 e. The van der Waals surface area contributed by atoms with Gasteiger partial charge in [0.25, 0.3) is 0 Å². The van der Waals surface area contributed by atoms with E-state index in [0.29, 0.717) is 12.5 Å². The second kappa shape index (κ2) is 3.35. The second-order valence-electron chi connectivity index (χ2n) is 3.72. The van der Waals surface area contributed by atoms with Crippen molar-refractivity contribution in [1.29, 1.82) is 0 Å². The van der Waals surface area contributed by atoms with Gasteiger partial charge in [-0.05, 0) is 18.9 Å². The van der Waals surface area contributed by atoms with E-state index in [2.05, 4.69) is 37.3 Å². The van der Waals surface area contributed by atoms with Gasteiger partial charge in [0.15, 0.2) is 0 Å². The molecule has 1 unspecified atom stereocenters. The highest BCUT2D eigenvalue weighted by Crippen LogP contribution is 2.38. The molecule has 0 saturated heterocycles. The zero-order valence-electron chi connectivity index (χ0n) is 7.83. The van der Waals surface area contributed by atoms with Gasteiger partial charge in [0.1, 0.15) is 0 Å². The number of aliphatic hydroxyl groups excluding tert-OH is 1. The van der Waals surface area contributed by atoms with Crippen molar-refractivity contribution in [3.05, 3.63) is 41.0 Å². The van der Waals surface area contributed by atoms with E-state index in [0.717, 1.165) is 6.42 Å². The normalized spacial score (nSPS) is 23.5. The Hall–Kier alpha value is -1.08. The number of aryl methyl sites for hydroxylation is 1. The van der Waals surface area contributed by atoms with Gasteiger partial charge in [0, 0.05) is 12.5 Å². The van der Waals surface area contributed by atoms with E-state index in [1.165, 1.54) is 16.7 Å². The zero-order chi connectivity index (χ0) is 9.26. The number of benzene rings is 1. The van der Waals surface area contributed by atoms with Crippen LogP contribution in [-0.2, 0) is 0 Å². The third-order valence-corrected chi connectivity index (χ3v) is 2.46. The maximum atomic E-state index is 8.87. The monoisotopic (exact) mass is 174 g/mol. The average molecular weight is 174 g/mol. The van der Waals surface area contributed by atoms with Crippen molar-refractivity contribution in [3.8, 4) is 0 Å². The highest BCUT2D eigenvalue weighted by molar-refractivity contribution is 5.58. The van der Waals surface area contributed by atoms with E-state index in [1.807, 2.05) is 0 Å². The fourth-order valence-corrected chi connectivity index (χ4v) is 1.56. The fourth-order valence-electron chi connectivity index (χ4n) is 1.56. The molecule has 1 aromatic rings. The maximum absolute atomic E-state index is 8.87. The lowest BCUT2D eigenvalue weighted by Gasteiger charge is -1.94. The Morgan fingerprint density at radius 3 is 3.00 bits per heavy atom. The van der Waals surface area contributed by atoms with Gasteiger partial charge < -0.3 is 5.11 Å². The van der Waals surface area contributed by atoms with Crippen LogP contribution in [0.4, 0.5) is 0 Å². The zero-order valence-corrected chi connectivity index (χ0v) is 7.83. The Bertz CT molecular complexity index is 339. The van der Waals surface area contributed by atoms with Crippen LogP contribution in [0.5, 0.6) is 0 Å². The highest BCUT2D eigenvalue weighted by atomic mass is 16.3. The molecule has 2 rings (SSSR count). The van der Waals surface area contributed by atoms with Gasteiger partial charge in [-0.3, -0.25) is 0 Å². The number of hydrogen-bond acceptors (Lipinski definition) is 1. The molecule has 68 valence electrons. The van der Waals surface area contributed by atoms with Crippen molar-refractivity contribution in [3.63, 3.8) is 0 Å². The summed E-state index contributed by atoms with van der Waals surface area (Å²) in [6.45, 7) is 2.40. The van der Waals surface area contributed by atoms with Crippen molar-refractivity contribution in [2.24, 2.45) is 5.92 Å². The predicted molar refractivity (Wildman–Crippen MR) is 54.3 cm³/mol. The quantitative estimate of drug-likeness (QED) is 0.730. The third kappa shape index (κ3) is 1.99. The van der Waals surface area contributed by atoms with Crippen LogP contribution < -0.4 is 0 Å². The topological polar surface area (TPSA) is 20.2 Å². The van der Waals surface area contributed by atoms with Crippen molar-refractivity contribution in [2.45, 2.75) is 13.3 Å². The molecule has 0 aliphatic heterocycles. The van der Waals surface area contributed by atoms with Gasteiger partial charge in [-0.15, -0.1) is 0 Å². The van der Waals surface area contributed by atoms with Crippen LogP contribution >= 0.6 is 0 Å². The second-order valence-corrected chi connectivity index (χ2v) is 3.72. The summed E-state index contributed by atoms with van der Waals surface area (Å²) in [6.07, 6.45) is 3.26. The summed E-state index contributed by atoms with van der Waals surface area (Å²) in [6, 6.07) is 8.43. The SMILES string of the molecule is Cc1cccc(/C=C2/CC2CO)c1.